The minimum atomic E-state index is -0.849. The van der Waals surface area contributed by atoms with Crippen LogP contribution in [0.5, 0.6) is 0 Å². The summed E-state index contributed by atoms with van der Waals surface area (Å²) in [4.78, 5) is 14.9. The molecule has 1 aromatic heterocycles. The van der Waals surface area contributed by atoms with Gasteiger partial charge in [0.2, 0.25) is 5.95 Å². The van der Waals surface area contributed by atoms with E-state index in [2.05, 4.69) is 26.9 Å². The maximum Gasteiger partial charge on any atom is 0.313 e. The predicted molar refractivity (Wildman–Crippen MR) is 80.4 cm³/mol. The molecule has 0 bridgehead atoms. The van der Waals surface area contributed by atoms with Gasteiger partial charge in [0.05, 0.1) is 5.75 Å². The summed E-state index contributed by atoms with van der Waals surface area (Å²) in [6.07, 6.45) is 1.03. The SMILES string of the molecule is CCCN(CCN(C)C)c1nnc(SCC(=O)O)n1C. The summed E-state index contributed by atoms with van der Waals surface area (Å²) in [6.45, 7) is 4.84. The van der Waals surface area contributed by atoms with Crippen LogP contribution >= 0.6 is 11.8 Å². The Morgan fingerprint density at radius 1 is 1.30 bits per heavy atom. The molecule has 0 aliphatic heterocycles. The van der Waals surface area contributed by atoms with E-state index in [-0.39, 0.29) is 5.75 Å². The molecule has 0 saturated heterocycles. The lowest BCUT2D eigenvalue weighted by Gasteiger charge is -2.24. The highest BCUT2D eigenvalue weighted by molar-refractivity contribution is 7.99. The van der Waals surface area contributed by atoms with Crippen molar-refractivity contribution in [3.05, 3.63) is 0 Å². The molecule has 1 rings (SSSR count). The molecule has 0 aliphatic rings. The van der Waals surface area contributed by atoms with Crippen molar-refractivity contribution >= 4 is 23.7 Å². The number of carbonyl (C=O) groups is 1. The van der Waals surface area contributed by atoms with Gasteiger partial charge in [0, 0.05) is 26.7 Å². The van der Waals surface area contributed by atoms with Gasteiger partial charge in [-0.2, -0.15) is 0 Å². The number of likely N-dealkylation sites (N-methyl/N-ethyl adjacent to an activating group) is 1. The standard InChI is InChI=1S/C12H23N5O2S/c1-5-6-17(8-7-15(2)3)11-13-14-12(16(11)4)20-9-10(18)19/h5-9H2,1-4H3,(H,18,19). The topological polar surface area (TPSA) is 74.5 Å². The zero-order valence-electron chi connectivity index (χ0n) is 12.5. The fourth-order valence-electron chi connectivity index (χ4n) is 1.74. The van der Waals surface area contributed by atoms with Crippen molar-refractivity contribution in [1.29, 1.82) is 0 Å². The van der Waals surface area contributed by atoms with Crippen molar-refractivity contribution in [2.45, 2.75) is 18.5 Å². The highest BCUT2D eigenvalue weighted by atomic mass is 32.2. The molecular weight excluding hydrogens is 278 g/mol. The lowest BCUT2D eigenvalue weighted by molar-refractivity contribution is -0.133. The molecule has 7 nitrogen and oxygen atoms in total. The monoisotopic (exact) mass is 301 g/mol. The van der Waals surface area contributed by atoms with Crippen LogP contribution in [0.3, 0.4) is 0 Å². The Morgan fingerprint density at radius 2 is 2.00 bits per heavy atom. The Kier molecular flexibility index (Phi) is 6.80. The van der Waals surface area contributed by atoms with Crippen molar-refractivity contribution < 1.29 is 9.90 Å². The van der Waals surface area contributed by atoms with Gasteiger partial charge in [0.15, 0.2) is 5.16 Å². The molecule has 0 saturated carbocycles. The van der Waals surface area contributed by atoms with Crippen molar-refractivity contribution in [2.75, 3.05) is 44.4 Å². The average Bonchev–Trinajstić information content (AvgIpc) is 2.73. The number of aromatic nitrogens is 3. The second kappa shape index (κ2) is 8.11. The Hall–Kier alpha value is -1.28. The zero-order chi connectivity index (χ0) is 15.1. The Bertz CT molecular complexity index is 435. The molecule has 1 aromatic rings. The first-order valence-corrected chi connectivity index (χ1v) is 7.58. The number of hydrogen-bond acceptors (Lipinski definition) is 6. The van der Waals surface area contributed by atoms with Crippen molar-refractivity contribution in [2.24, 2.45) is 7.05 Å². The van der Waals surface area contributed by atoms with Gasteiger partial charge >= 0.3 is 5.97 Å². The zero-order valence-corrected chi connectivity index (χ0v) is 13.4. The third-order valence-electron chi connectivity index (χ3n) is 2.73. The molecular formula is C12H23N5O2S. The van der Waals surface area contributed by atoms with Crippen LogP contribution in [0.15, 0.2) is 5.16 Å². The predicted octanol–water partition coefficient (Wildman–Crippen LogP) is 0.770. The van der Waals surface area contributed by atoms with Gasteiger partial charge in [0.1, 0.15) is 0 Å². The number of thioether (sulfide) groups is 1. The molecule has 8 heteroatoms. The first-order chi connectivity index (χ1) is 9.45. The highest BCUT2D eigenvalue weighted by Gasteiger charge is 2.16. The van der Waals surface area contributed by atoms with Crippen LogP contribution in [0.4, 0.5) is 5.95 Å². The lowest BCUT2D eigenvalue weighted by atomic mass is 10.4. The van der Waals surface area contributed by atoms with E-state index in [1.165, 1.54) is 11.8 Å². The van der Waals surface area contributed by atoms with Crippen LogP contribution in [0.1, 0.15) is 13.3 Å². The van der Waals surface area contributed by atoms with Crippen LogP contribution in [-0.4, -0.2) is 70.2 Å². The number of rotatable bonds is 9. The molecule has 0 amide bonds. The van der Waals surface area contributed by atoms with Gasteiger partial charge in [-0.25, -0.2) is 0 Å². The molecule has 20 heavy (non-hydrogen) atoms. The molecule has 0 aromatic carbocycles. The van der Waals surface area contributed by atoms with E-state index >= 15 is 0 Å². The minimum absolute atomic E-state index is 0.00253. The largest absolute Gasteiger partial charge is 0.481 e. The third-order valence-corrected chi connectivity index (χ3v) is 3.74. The van der Waals surface area contributed by atoms with Gasteiger partial charge in [-0.05, 0) is 20.5 Å². The van der Waals surface area contributed by atoms with E-state index in [0.29, 0.717) is 5.16 Å². The molecule has 114 valence electrons. The lowest BCUT2D eigenvalue weighted by Crippen LogP contribution is -2.34. The maximum atomic E-state index is 10.6. The Morgan fingerprint density at radius 3 is 2.55 bits per heavy atom. The normalized spacial score (nSPS) is 11.1. The van der Waals surface area contributed by atoms with Gasteiger partial charge in [-0.3, -0.25) is 9.36 Å². The minimum Gasteiger partial charge on any atom is -0.481 e. The van der Waals surface area contributed by atoms with Crippen LogP contribution in [0.2, 0.25) is 0 Å². The smallest absolute Gasteiger partial charge is 0.313 e. The van der Waals surface area contributed by atoms with Crippen LogP contribution < -0.4 is 4.90 Å². The Balaban J connectivity index is 2.77. The fraction of sp³-hybridized carbons (Fsp3) is 0.750. The van der Waals surface area contributed by atoms with Crippen molar-refractivity contribution in [1.82, 2.24) is 19.7 Å². The van der Waals surface area contributed by atoms with E-state index in [9.17, 15) is 4.79 Å². The fourth-order valence-corrected chi connectivity index (χ4v) is 2.36. The maximum absolute atomic E-state index is 10.6. The molecule has 0 radical (unpaired) electrons. The summed E-state index contributed by atoms with van der Waals surface area (Å²) in [7, 11) is 5.95. The van der Waals surface area contributed by atoms with Crippen molar-refractivity contribution in [3.8, 4) is 0 Å². The molecule has 0 spiro atoms. The van der Waals surface area contributed by atoms with E-state index in [4.69, 9.17) is 5.11 Å². The second-order valence-electron chi connectivity index (χ2n) is 4.81. The number of carboxylic acid groups (broad SMARTS) is 1. The van der Waals surface area contributed by atoms with Gasteiger partial charge in [0.25, 0.3) is 0 Å². The molecule has 0 aliphatic carbocycles. The van der Waals surface area contributed by atoms with Crippen LogP contribution in [-0.2, 0) is 11.8 Å². The highest BCUT2D eigenvalue weighted by Crippen LogP contribution is 2.20. The van der Waals surface area contributed by atoms with Gasteiger partial charge < -0.3 is 14.9 Å². The summed E-state index contributed by atoms with van der Waals surface area (Å²) >= 11 is 1.19. The third kappa shape index (κ3) is 5.01. The Labute approximate surface area is 124 Å². The summed E-state index contributed by atoms with van der Waals surface area (Å²) in [5, 5.41) is 17.6. The van der Waals surface area contributed by atoms with Gasteiger partial charge in [-0.15, -0.1) is 10.2 Å². The summed E-state index contributed by atoms with van der Waals surface area (Å²) in [6, 6.07) is 0. The summed E-state index contributed by atoms with van der Waals surface area (Å²) < 4.78 is 1.86. The second-order valence-corrected chi connectivity index (χ2v) is 5.76. The first-order valence-electron chi connectivity index (χ1n) is 6.59. The van der Waals surface area contributed by atoms with Crippen LogP contribution in [0.25, 0.3) is 0 Å². The van der Waals surface area contributed by atoms with Crippen LogP contribution in [0, 0.1) is 0 Å². The number of hydrogen-bond donors (Lipinski definition) is 1. The first kappa shape index (κ1) is 16.8. The number of carboxylic acids is 1. The number of nitrogens with zero attached hydrogens (tertiary/aromatic N) is 5. The average molecular weight is 301 g/mol. The van der Waals surface area contributed by atoms with Gasteiger partial charge in [-0.1, -0.05) is 18.7 Å². The molecule has 0 fully saturated rings. The quantitative estimate of drug-likeness (QED) is 0.675. The van der Waals surface area contributed by atoms with E-state index in [0.717, 1.165) is 32.0 Å². The molecule has 1 heterocycles. The summed E-state index contributed by atoms with van der Waals surface area (Å²) in [5.74, 6) is -0.0589. The molecule has 1 N–H and O–H groups in total. The summed E-state index contributed by atoms with van der Waals surface area (Å²) in [5.41, 5.74) is 0. The number of anilines is 1. The molecule has 0 unspecified atom stereocenters. The van der Waals surface area contributed by atoms with E-state index in [1.807, 2.05) is 25.7 Å². The van der Waals surface area contributed by atoms with E-state index < -0.39 is 5.97 Å². The van der Waals surface area contributed by atoms with E-state index in [1.54, 1.807) is 0 Å². The molecule has 0 atom stereocenters. The van der Waals surface area contributed by atoms with Crippen molar-refractivity contribution in [3.63, 3.8) is 0 Å². The number of aliphatic carboxylic acids is 1.